The van der Waals surface area contributed by atoms with Gasteiger partial charge in [-0.25, -0.2) is 0 Å². The third-order valence-corrected chi connectivity index (χ3v) is 4.25. The number of rotatable bonds is 3. The van der Waals surface area contributed by atoms with Crippen LogP contribution >= 0.6 is 0 Å². The first-order chi connectivity index (χ1) is 8.61. The first-order valence-corrected chi connectivity index (χ1v) is 6.40. The first-order valence-electron chi connectivity index (χ1n) is 6.40. The molecule has 3 rings (SSSR count). The van der Waals surface area contributed by atoms with Crippen LogP contribution in [0, 0.1) is 23.7 Å². The number of piperidine rings is 2. The summed E-state index contributed by atoms with van der Waals surface area (Å²) in [5, 5.41) is 12.1. The van der Waals surface area contributed by atoms with Gasteiger partial charge in [0.05, 0.1) is 17.8 Å². The number of aliphatic carboxylic acids is 1. The highest BCUT2D eigenvalue weighted by molar-refractivity contribution is 6.13. The number of likely N-dealkylation sites (tertiary alicyclic amines) is 1. The number of amides is 2. The molecule has 2 heterocycles. The number of carbonyl (C=O) groups excluding carboxylic acids is 2. The zero-order chi connectivity index (χ0) is 12.9. The van der Waals surface area contributed by atoms with Crippen LogP contribution in [0.15, 0.2) is 0 Å². The third-order valence-electron chi connectivity index (χ3n) is 4.25. The van der Waals surface area contributed by atoms with Crippen LogP contribution in [0.2, 0.25) is 0 Å². The molecule has 2 amide bonds. The Bertz CT molecular complexity index is 394. The van der Waals surface area contributed by atoms with Gasteiger partial charge in [-0.2, -0.15) is 0 Å². The van der Waals surface area contributed by atoms with Crippen molar-refractivity contribution in [3.63, 3.8) is 0 Å². The van der Waals surface area contributed by atoms with Gasteiger partial charge in [-0.1, -0.05) is 0 Å². The van der Waals surface area contributed by atoms with Crippen molar-refractivity contribution in [2.24, 2.45) is 23.7 Å². The zero-order valence-corrected chi connectivity index (χ0v) is 9.96. The molecule has 98 valence electrons. The highest BCUT2D eigenvalue weighted by Crippen LogP contribution is 2.53. The van der Waals surface area contributed by atoms with Gasteiger partial charge in [-0.3, -0.25) is 19.3 Å². The Labute approximate surface area is 104 Å². The Morgan fingerprint density at radius 3 is 2.50 bits per heavy atom. The van der Waals surface area contributed by atoms with Crippen molar-refractivity contribution in [1.82, 2.24) is 10.2 Å². The van der Waals surface area contributed by atoms with E-state index in [-0.39, 0.29) is 11.8 Å². The molecular weight excluding hydrogens is 236 g/mol. The fourth-order valence-corrected chi connectivity index (χ4v) is 3.22. The van der Waals surface area contributed by atoms with E-state index in [4.69, 9.17) is 5.11 Å². The second-order valence-electron chi connectivity index (χ2n) is 5.42. The molecule has 6 heteroatoms. The monoisotopic (exact) mass is 252 g/mol. The minimum atomic E-state index is -1.02. The van der Waals surface area contributed by atoms with Gasteiger partial charge in [0.1, 0.15) is 0 Å². The lowest BCUT2D eigenvalue weighted by atomic mass is 9.99. The summed E-state index contributed by atoms with van der Waals surface area (Å²) < 4.78 is 0. The Hall–Kier alpha value is -1.43. The highest BCUT2D eigenvalue weighted by atomic mass is 16.4. The van der Waals surface area contributed by atoms with Gasteiger partial charge in [-0.15, -0.1) is 0 Å². The Balaban J connectivity index is 1.64. The van der Waals surface area contributed by atoms with Gasteiger partial charge in [0.25, 0.3) is 0 Å². The summed E-state index contributed by atoms with van der Waals surface area (Å²) in [4.78, 5) is 36.0. The number of fused-ring (bicyclic) bond motifs is 1. The fourth-order valence-electron chi connectivity index (χ4n) is 3.22. The molecule has 0 radical (unpaired) electrons. The summed E-state index contributed by atoms with van der Waals surface area (Å²) in [6.45, 7) is 2.27. The second kappa shape index (κ2) is 4.05. The van der Waals surface area contributed by atoms with Crippen LogP contribution in [0.3, 0.4) is 0 Å². The average molecular weight is 252 g/mol. The maximum absolute atomic E-state index is 12.0. The molecule has 1 aliphatic carbocycles. The van der Waals surface area contributed by atoms with Crippen LogP contribution in [0.25, 0.3) is 0 Å². The van der Waals surface area contributed by atoms with Crippen molar-refractivity contribution in [2.75, 3.05) is 19.6 Å². The van der Waals surface area contributed by atoms with Crippen molar-refractivity contribution in [1.29, 1.82) is 0 Å². The van der Waals surface area contributed by atoms with Gasteiger partial charge in [-0.05, 0) is 31.8 Å². The van der Waals surface area contributed by atoms with Crippen LogP contribution in [0.4, 0.5) is 0 Å². The summed E-state index contributed by atoms with van der Waals surface area (Å²) >= 11 is 0. The average Bonchev–Trinajstić information content (AvgIpc) is 3.05. The van der Waals surface area contributed by atoms with Gasteiger partial charge in [0.15, 0.2) is 0 Å². The lowest BCUT2D eigenvalue weighted by Crippen LogP contribution is -2.43. The van der Waals surface area contributed by atoms with Crippen molar-refractivity contribution in [3.05, 3.63) is 0 Å². The molecule has 18 heavy (non-hydrogen) atoms. The first kappa shape index (κ1) is 11.6. The Morgan fingerprint density at radius 1 is 1.33 bits per heavy atom. The number of carbonyl (C=O) groups is 3. The molecule has 6 nitrogen and oxygen atoms in total. The van der Waals surface area contributed by atoms with E-state index in [1.807, 2.05) is 0 Å². The molecular formula is C12H16N2O4. The summed E-state index contributed by atoms with van der Waals surface area (Å²) in [5.74, 6) is -3.17. The predicted molar refractivity (Wildman–Crippen MR) is 60.4 cm³/mol. The maximum atomic E-state index is 12.0. The predicted octanol–water partition coefficient (Wildman–Crippen LogP) is -0.698. The van der Waals surface area contributed by atoms with Crippen LogP contribution in [-0.2, 0) is 14.4 Å². The van der Waals surface area contributed by atoms with E-state index < -0.39 is 23.7 Å². The minimum absolute atomic E-state index is 0.275. The molecule has 3 unspecified atom stereocenters. The van der Waals surface area contributed by atoms with E-state index >= 15 is 0 Å². The van der Waals surface area contributed by atoms with Crippen molar-refractivity contribution in [2.45, 2.75) is 12.8 Å². The number of hydrogen-bond acceptors (Lipinski definition) is 4. The van der Waals surface area contributed by atoms with Crippen LogP contribution in [0.5, 0.6) is 0 Å². The van der Waals surface area contributed by atoms with E-state index in [1.54, 1.807) is 0 Å². The number of nitrogens with zero attached hydrogens (tertiary/aromatic N) is 1. The summed E-state index contributed by atoms with van der Waals surface area (Å²) in [7, 11) is 0. The highest BCUT2D eigenvalue weighted by Gasteiger charge is 2.70. The topological polar surface area (TPSA) is 86.7 Å². The quantitative estimate of drug-likeness (QED) is 0.649. The lowest BCUT2D eigenvalue weighted by molar-refractivity contribution is -0.149. The molecule has 0 aromatic rings. The summed E-state index contributed by atoms with van der Waals surface area (Å²) in [5.41, 5.74) is 0. The summed E-state index contributed by atoms with van der Waals surface area (Å²) in [6, 6.07) is 0. The molecule has 0 aromatic heterocycles. The zero-order valence-electron chi connectivity index (χ0n) is 9.96. The molecule has 2 N–H and O–H groups in total. The number of nitrogens with one attached hydrogen (secondary N) is 1. The molecule has 3 atom stereocenters. The molecule has 3 aliphatic rings. The smallest absolute Gasteiger partial charge is 0.308 e. The Morgan fingerprint density at radius 2 is 2.00 bits per heavy atom. The van der Waals surface area contributed by atoms with Gasteiger partial charge in [0, 0.05) is 6.54 Å². The standard InChI is InChI=1S/C12H16N2O4/c15-10-7-8(9(7)12(17)18)11(16)14(10)5-6-2-1-3-13-4-6/h6-9,13H,1-5H2,(H,17,18). The maximum Gasteiger partial charge on any atom is 0.308 e. The van der Waals surface area contributed by atoms with Crippen molar-refractivity contribution < 1.29 is 19.5 Å². The van der Waals surface area contributed by atoms with Crippen LogP contribution in [0.1, 0.15) is 12.8 Å². The number of imide groups is 1. The van der Waals surface area contributed by atoms with E-state index in [0.29, 0.717) is 12.5 Å². The second-order valence-corrected chi connectivity index (χ2v) is 5.42. The normalized spacial score (nSPS) is 38.8. The minimum Gasteiger partial charge on any atom is -0.481 e. The fraction of sp³-hybridized carbons (Fsp3) is 0.750. The van der Waals surface area contributed by atoms with Gasteiger partial charge >= 0.3 is 5.97 Å². The van der Waals surface area contributed by atoms with E-state index in [0.717, 1.165) is 25.9 Å². The van der Waals surface area contributed by atoms with Gasteiger partial charge in [0.2, 0.25) is 11.8 Å². The molecule has 1 saturated carbocycles. The molecule has 2 saturated heterocycles. The van der Waals surface area contributed by atoms with E-state index in [1.165, 1.54) is 4.90 Å². The summed E-state index contributed by atoms with van der Waals surface area (Å²) in [6.07, 6.45) is 2.08. The van der Waals surface area contributed by atoms with Crippen molar-refractivity contribution >= 4 is 17.8 Å². The van der Waals surface area contributed by atoms with Crippen molar-refractivity contribution in [3.8, 4) is 0 Å². The van der Waals surface area contributed by atoms with E-state index in [2.05, 4.69) is 5.32 Å². The molecule has 3 fully saturated rings. The van der Waals surface area contributed by atoms with Crippen LogP contribution in [-0.4, -0.2) is 47.4 Å². The molecule has 0 bridgehead atoms. The molecule has 0 spiro atoms. The number of carboxylic acid groups (broad SMARTS) is 1. The SMILES string of the molecule is O=C(O)C1C2C(=O)N(CC3CCCNC3)C(=O)C12. The largest absolute Gasteiger partial charge is 0.481 e. The Kier molecular flexibility index (Phi) is 2.62. The number of hydrogen-bond donors (Lipinski definition) is 2. The molecule has 0 aromatic carbocycles. The van der Waals surface area contributed by atoms with Gasteiger partial charge < -0.3 is 10.4 Å². The third kappa shape index (κ3) is 1.63. The van der Waals surface area contributed by atoms with E-state index in [9.17, 15) is 14.4 Å². The van der Waals surface area contributed by atoms with Crippen LogP contribution < -0.4 is 5.32 Å². The molecule has 2 aliphatic heterocycles. The lowest BCUT2D eigenvalue weighted by Gasteiger charge is -2.27. The number of carboxylic acids is 1.